The summed E-state index contributed by atoms with van der Waals surface area (Å²) in [5.74, 6) is 0. The summed E-state index contributed by atoms with van der Waals surface area (Å²) in [5.41, 5.74) is 0. The average molecular weight is 268 g/mol. The Morgan fingerprint density at radius 1 is 0.895 bits per heavy atom. The molecule has 114 valence electrons. The molecule has 0 heterocycles. The van der Waals surface area contributed by atoms with Gasteiger partial charge in [0, 0.05) is 6.04 Å². The largest absolute Gasteiger partial charge is 0.305 e. The summed E-state index contributed by atoms with van der Waals surface area (Å²) < 4.78 is 0. The maximum Gasteiger partial charge on any atom is 0.0571 e. The highest BCUT2D eigenvalue weighted by Crippen LogP contribution is 2.18. The van der Waals surface area contributed by atoms with Crippen molar-refractivity contribution in [3.8, 4) is 0 Å². The molecule has 0 aromatic rings. The number of nitrogens with one attached hydrogen (secondary N) is 2. The Bertz CT molecular complexity index is 188. The van der Waals surface area contributed by atoms with Crippen LogP contribution >= 0.6 is 0 Å². The smallest absolute Gasteiger partial charge is 0.0571 e. The van der Waals surface area contributed by atoms with Gasteiger partial charge in [-0.25, -0.2) is 0 Å². The Labute approximate surface area is 121 Å². The summed E-state index contributed by atoms with van der Waals surface area (Å²) >= 11 is 0. The molecule has 2 nitrogen and oxygen atoms in total. The molecule has 0 bridgehead atoms. The third-order valence-electron chi connectivity index (χ3n) is 4.49. The van der Waals surface area contributed by atoms with E-state index >= 15 is 0 Å². The zero-order chi connectivity index (χ0) is 13.8. The molecule has 1 saturated carbocycles. The fourth-order valence-corrected chi connectivity index (χ4v) is 3.17. The van der Waals surface area contributed by atoms with Gasteiger partial charge in [-0.05, 0) is 26.3 Å². The summed E-state index contributed by atoms with van der Waals surface area (Å²) in [6.07, 6.45) is 18.8. The molecule has 2 N–H and O–H groups in total. The summed E-state index contributed by atoms with van der Waals surface area (Å²) in [7, 11) is 2.10. The van der Waals surface area contributed by atoms with Gasteiger partial charge >= 0.3 is 0 Å². The molecule has 1 aliphatic rings. The van der Waals surface area contributed by atoms with E-state index < -0.39 is 0 Å². The molecule has 1 fully saturated rings. The van der Waals surface area contributed by atoms with Crippen LogP contribution in [-0.4, -0.2) is 19.3 Å². The fraction of sp³-hybridized carbons (Fsp3) is 1.00. The van der Waals surface area contributed by atoms with Crippen molar-refractivity contribution in [1.29, 1.82) is 0 Å². The molecule has 0 spiro atoms. The highest BCUT2D eigenvalue weighted by atomic mass is 15.1. The Hall–Kier alpha value is -0.0800. The predicted octanol–water partition coefficient (Wildman–Crippen LogP) is 4.59. The minimum Gasteiger partial charge on any atom is -0.305 e. The van der Waals surface area contributed by atoms with Crippen molar-refractivity contribution in [1.82, 2.24) is 10.6 Å². The van der Waals surface area contributed by atoms with E-state index in [2.05, 4.69) is 24.6 Å². The highest BCUT2D eigenvalue weighted by molar-refractivity contribution is 4.75. The lowest BCUT2D eigenvalue weighted by Crippen LogP contribution is -2.46. The maximum absolute atomic E-state index is 3.81. The van der Waals surface area contributed by atoms with Crippen molar-refractivity contribution in [3.63, 3.8) is 0 Å². The van der Waals surface area contributed by atoms with Gasteiger partial charge in [-0.15, -0.1) is 0 Å². The Morgan fingerprint density at radius 2 is 1.53 bits per heavy atom. The van der Waals surface area contributed by atoms with Gasteiger partial charge in [0.15, 0.2) is 0 Å². The molecule has 0 aromatic heterocycles. The number of hydrogen-bond donors (Lipinski definition) is 2. The molecule has 1 unspecified atom stereocenters. The quantitative estimate of drug-likeness (QED) is 0.423. The molecule has 1 aliphatic carbocycles. The van der Waals surface area contributed by atoms with E-state index in [9.17, 15) is 0 Å². The molecular formula is C17H36N2. The van der Waals surface area contributed by atoms with E-state index in [0.29, 0.717) is 6.17 Å². The first-order chi connectivity index (χ1) is 9.36. The average Bonchev–Trinajstić information content (AvgIpc) is 2.46. The molecule has 2 heteroatoms. The zero-order valence-corrected chi connectivity index (χ0v) is 13.3. The van der Waals surface area contributed by atoms with E-state index in [1.54, 1.807) is 0 Å². The zero-order valence-electron chi connectivity index (χ0n) is 13.3. The third-order valence-corrected chi connectivity index (χ3v) is 4.49. The third kappa shape index (κ3) is 8.65. The van der Waals surface area contributed by atoms with Gasteiger partial charge < -0.3 is 5.32 Å². The molecule has 19 heavy (non-hydrogen) atoms. The number of rotatable bonds is 11. The van der Waals surface area contributed by atoms with E-state index in [1.165, 1.54) is 83.5 Å². The monoisotopic (exact) mass is 268 g/mol. The minimum absolute atomic E-state index is 0.541. The standard InChI is InChI=1S/C17H36N2/c1-3-4-5-6-7-8-12-15-17(18-2)19-16-13-10-9-11-14-16/h16-19H,3-15H2,1-2H3. The minimum atomic E-state index is 0.541. The van der Waals surface area contributed by atoms with Crippen molar-refractivity contribution in [2.75, 3.05) is 7.05 Å². The summed E-state index contributed by atoms with van der Waals surface area (Å²) in [4.78, 5) is 0. The van der Waals surface area contributed by atoms with Gasteiger partial charge in [-0.2, -0.15) is 0 Å². The highest BCUT2D eigenvalue weighted by Gasteiger charge is 2.16. The van der Waals surface area contributed by atoms with Crippen LogP contribution in [-0.2, 0) is 0 Å². The first-order valence-corrected chi connectivity index (χ1v) is 8.80. The molecule has 0 aromatic carbocycles. The topological polar surface area (TPSA) is 24.1 Å². The second-order valence-electron chi connectivity index (χ2n) is 6.25. The lowest BCUT2D eigenvalue weighted by molar-refractivity contribution is 0.302. The first-order valence-electron chi connectivity index (χ1n) is 8.80. The van der Waals surface area contributed by atoms with E-state index in [4.69, 9.17) is 0 Å². The van der Waals surface area contributed by atoms with Crippen LogP contribution in [0, 0.1) is 0 Å². The van der Waals surface area contributed by atoms with Crippen molar-refractivity contribution in [2.24, 2.45) is 0 Å². The second-order valence-corrected chi connectivity index (χ2v) is 6.25. The van der Waals surface area contributed by atoms with Crippen molar-refractivity contribution in [2.45, 2.75) is 103 Å². The summed E-state index contributed by atoms with van der Waals surface area (Å²) in [5, 5.41) is 7.26. The lowest BCUT2D eigenvalue weighted by Gasteiger charge is -2.28. The van der Waals surface area contributed by atoms with Gasteiger partial charge in [0.25, 0.3) is 0 Å². The van der Waals surface area contributed by atoms with Gasteiger partial charge in [0.1, 0.15) is 0 Å². The van der Waals surface area contributed by atoms with Crippen LogP contribution in [0.15, 0.2) is 0 Å². The normalized spacial score (nSPS) is 18.6. The molecule has 0 aliphatic heterocycles. The van der Waals surface area contributed by atoms with Crippen LogP contribution in [0.2, 0.25) is 0 Å². The second kappa shape index (κ2) is 11.7. The summed E-state index contributed by atoms with van der Waals surface area (Å²) in [6, 6.07) is 0.774. The van der Waals surface area contributed by atoms with Crippen molar-refractivity contribution in [3.05, 3.63) is 0 Å². The van der Waals surface area contributed by atoms with Crippen LogP contribution in [0.3, 0.4) is 0 Å². The van der Waals surface area contributed by atoms with Crippen LogP contribution in [0.1, 0.15) is 90.4 Å². The van der Waals surface area contributed by atoms with Crippen molar-refractivity contribution < 1.29 is 0 Å². The number of hydrogen-bond acceptors (Lipinski definition) is 2. The molecule has 1 rings (SSSR count). The Morgan fingerprint density at radius 3 is 2.16 bits per heavy atom. The first kappa shape index (κ1) is 17.0. The van der Waals surface area contributed by atoms with Gasteiger partial charge in [0.05, 0.1) is 6.17 Å². The van der Waals surface area contributed by atoms with Crippen LogP contribution < -0.4 is 10.6 Å². The van der Waals surface area contributed by atoms with E-state index in [1.807, 2.05) is 0 Å². The van der Waals surface area contributed by atoms with Gasteiger partial charge in [0.2, 0.25) is 0 Å². The Balaban J connectivity index is 1.98. The van der Waals surface area contributed by atoms with Crippen LogP contribution in [0.4, 0.5) is 0 Å². The maximum atomic E-state index is 3.81. The molecule has 0 radical (unpaired) electrons. The SMILES string of the molecule is CCCCCCCCCC(NC)NC1CCCCC1. The summed E-state index contributed by atoms with van der Waals surface area (Å²) in [6.45, 7) is 2.29. The molecular weight excluding hydrogens is 232 g/mol. The van der Waals surface area contributed by atoms with E-state index in [0.717, 1.165) is 6.04 Å². The molecule has 0 amide bonds. The van der Waals surface area contributed by atoms with Crippen molar-refractivity contribution >= 4 is 0 Å². The van der Waals surface area contributed by atoms with Gasteiger partial charge in [-0.1, -0.05) is 71.1 Å². The van der Waals surface area contributed by atoms with Gasteiger partial charge in [-0.3, -0.25) is 5.32 Å². The molecule has 0 saturated heterocycles. The fourth-order valence-electron chi connectivity index (χ4n) is 3.17. The van der Waals surface area contributed by atoms with Crippen LogP contribution in [0.5, 0.6) is 0 Å². The Kier molecular flexibility index (Phi) is 10.5. The molecule has 1 atom stereocenters. The van der Waals surface area contributed by atoms with Crippen LogP contribution in [0.25, 0.3) is 0 Å². The number of unbranched alkanes of at least 4 members (excludes halogenated alkanes) is 6. The lowest BCUT2D eigenvalue weighted by atomic mass is 9.95. The van der Waals surface area contributed by atoms with E-state index in [-0.39, 0.29) is 0 Å². The predicted molar refractivity (Wildman–Crippen MR) is 85.5 cm³/mol.